The molecule has 26 heavy (non-hydrogen) atoms. The second kappa shape index (κ2) is 8.03. The topological polar surface area (TPSA) is 71.3 Å². The van der Waals surface area contributed by atoms with E-state index in [2.05, 4.69) is 10.9 Å². The highest BCUT2D eigenvalue weighted by Crippen LogP contribution is 2.30. The molecule has 2 N–H and O–H groups in total. The average Bonchev–Trinajstić information content (AvgIpc) is 2.98. The van der Waals surface area contributed by atoms with Crippen LogP contribution in [0.1, 0.15) is 16.1 Å². The van der Waals surface area contributed by atoms with E-state index in [1.165, 1.54) is 11.8 Å². The van der Waals surface area contributed by atoms with Gasteiger partial charge in [0.2, 0.25) is 5.91 Å². The highest BCUT2D eigenvalue weighted by Gasteiger charge is 2.19. The van der Waals surface area contributed by atoms with E-state index in [0.29, 0.717) is 21.2 Å². The Labute approximate surface area is 164 Å². The lowest BCUT2D eigenvalue weighted by molar-refractivity contribution is -0.119. The van der Waals surface area contributed by atoms with Crippen LogP contribution < -0.4 is 10.9 Å². The molecule has 0 saturated carbocycles. The van der Waals surface area contributed by atoms with E-state index in [1.54, 1.807) is 31.2 Å². The first kappa shape index (κ1) is 18.6. The summed E-state index contributed by atoms with van der Waals surface area (Å²) in [5, 5.41) is 1.81. The number of aryl methyl sites for hydroxylation is 1. The van der Waals surface area contributed by atoms with Crippen molar-refractivity contribution in [3.8, 4) is 0 Å². The molecular weight excluding hydrogens is 395 g/mol. The summed E-state index contributed by atoms with van der Waals surface area (Å²) < 4.78 is 5.55. The molecule has 3 rings (SSSR count). The zero-order valence-corrected chi connectivity index (χ0v) is 16.0. The number of amides is 2. The number of benzene rings is 2. The van der Waals surface area contributed by atoms with Crippen molar-refractivity contribution >= 4 is 57.7 Å². The van der Waals surface area contributed by atoms with Crippen LogP contribution in [0, 0.1) is 6.92 Å². The molecule has 1 aromatic heterocycles. The number of rotatable bonds is 4. The summed E-state index contributed by atoms with van der Waals surface area (Å²) in [5.74, 6) is -0.629. The molecule has 0 saturated heterocycles. The highest BCUT2D eigenvalue weighted by molar-refractivity contribution is 8.00. The normalized spacial score (nSPS) is 10.7. The number of thioether (sulfide) groups is 1. The van der Waals surface area contributed by atoms with Gasteiger partial charge in [0.1, 0.15) is 0 Å². The lowest BCUT2D eigenvalue weighted by Crippen LogP contribution is -2.42. The minimum atomic E-state index is -0.542. The molecule has 8 heteroatoms. The summed E-state index contributed by atoms with van der Waals surface area (Å²) >= 11 is 13.2. The van der Waals surface area contributed by atoms with Gasteiger partial charge in [-0.25, -0.2) is 0 Å². The third-order valence-electron chi connectivity index (χ3n) is 3.62. The number of furan rings is 1. The Balaban J connectivity index is 1.58. The molecule has 0 aliphatic carbocycles. The van der Waals surface area contributed by atoms with Crippen molar-refractivity contribution in [1.82, 2.24) is 10.9 Å². The fourth-order valence-corrected chi connectivity index (χ4v) is 3.36. The second-order valence-corrected chi connectivity index (χ2v) is 7.31. The van der Waals surface area contributed by atoms with Gasteiger partial charge in [0.05, 0.1) is 10.8 Å². The first-order chi connectivity index (χ1) is 12.5. The fraction of sp³-hybridized carbons (Fsp3) is 0.111. The SMILES string of the molecule is Cc1c(C(=O)NNC(=O)CSc2ccc(Cl)cc2)oc2c(Cl)cccc12. The van der Waals surface area contributed by atoms with Crippen LogP contribution in [0.4, 0.5) is 0 Å². The molecular formula is C18H14Cl2N2O3S. The number of fused-ring (bicyclic) bond motifs is 1. The van der Waals surface area contributed by atoms with Crippen molar-refractivity contribution in [1.29, 1.82) is 0 Å². The third-order valence-corrected chi connectivity index (χ3v) is 5.18. The van der Waals surface area contributed by atoms with Crippen LogP contribution in [-0.2, 0) is 4.79 Å². The molecule has 2 amide bonds. The van der Waals surface area contributed by atoms with Crippen molar-refractivity contribution in [2.24, 2.45) is 0 Å². The molecule has 0 aliphatic heterocycles. The molecule has 1 heterocycles. The number of carbonyl (C=O) groups excluding carboxylic acids is 2. The molecule has 0 radical (unpaired) electrons. The Morgan fingerprint density at radius 1 is 1.08 bits per heavy atom. The van der Waals surface area contributed by atoms with Gasteiger partial charge in [-0.3, -0.25) is 20.4 Å². The number of carbonyl (C=O) groups is 2. The Bertz CT molecular complexity index is 970. The van der Waals surface area contributed by atoms with Crippen LogP contribution in [-0.4, -0.2) is 17.6 Å². The lowest BCUT2D eigenvalue weighted by Gasteiger charge is -2.06. The number of hydrogen-bond donors (Lipinski definition) is 2. The van der Waals surface area contributed by atoms with Gasteiger partial charge >= 0.3 is 5.91 Å². The number of halogens is 2. The molecule has 0 atom stereocenters. The first-order valence-corrected chi connectivity index (χ1v) is 9.35. The predicted molar refractivity (Wildman–Crippen MR) is 104 cm³/mol. The van der Waals surface area contributed by atoms with Crippen molar-refractivity contribution < 1.29 is 14.0 Å². The largest absolute Gasteiger partial charge is 0.449 e. The lowest BCUT2D eigenvalue weighted by atomic mass is 10.1. The summed E-state index contributed by atoms with van der Waals surface area (Å²) in [6.45, 7) is 1.76. The molecule has 0 spiro atoms. The summed E-state index contributed by atoms with van der Waals surface area (Å²) in [5.41, 5.74) is 5.83. The smallest absolute Gasteiger partial charge is 0.305 e. The van der Waals surface area contributed by atoms with E-state index >= 15 is 0 Å². The quantitative estimate of drug-likeness (QED) is 0.488. The maximum absolute atomic E-state index is 12.3. The van der Waals surface area contributed by atoms with E-state index in [0.717, 1.165) is 10.3 Å². The van der Waals surface area contributed by atoms with E-state index in [9.17, 15) is 9.59 Å². The molecule has 0 fully saturated rings. The zero-order valence-electron chi connectivity index (χ0n) is 13.6. The minimum absolute atomic E-state index is 0.110. The molecule has 2 aromatic carbocycles. The molecule has 5 nitrogen and oxygen atoms in total. The van der Waals surface area contributed by atoms with Crippen molar-refractivity contribution in [2.75, 3.05) is 5.75 Å². The van der Waals surface area contributed by atoms with E-state index in [-0.39, 0.29) is 17.4 Å². The average molecular weight is 409 g/mol. The molecule has 0 unspecified atom stereocenters. The van der Waals surface area contributed by atoms with Gasteiger partial charge in [-0.15, -0.1) is 11.8 Å². The molecule has 134 valence electrons. The number of para-hydroxylation sites is 1. The molecule has 0 bridgehead atoms. The molecule has 3 aromatic rings. The van der Waals surface area contributed by atoms with Gasteiger partial charge in [-0.2, -0.15) is 0 Å². The first-order valence-electron chi connectivity index (χ1n) is 7.61. The van der Waals surface area contributed by atoms with Gasteiger partial charge < -0.3 is 4.42 Å². The van der Waals surface area contributed by atoms with E-state index in [1.807, 2.05) is 18.2 Å². The highest BCUT2D eigenvalue weighted by atomic mass is 35.5. The van der Waals surface area contributed by atoms with Crippen LogP contribution in [0.25, 0.3) is 11.0 Å². The van der Waals surface area contributed by atoms with Gasteiger partial charge in [0.25, 0.3) is 0 Å². The van der Waals surface area contributed by atoms with E-state index in [4.69, 9.17) is 27.6 Å². The van der Waals surface area contributed by atoms with Gasteiger partial charge in [0, 0.05) is 20.9 Å². The second-order valence-electron chi connectivity index (χ2n) is 5.42. The maximum atomic E-state index is 12.3. The fourth-order valence-electron chi connectivity index (χ4n) is 2.32. The Morgan fingerprint density at radius 3 is 2.50 bits per heavy atom. The van der Waals surface area contributed by atoms with Gasteiger partial charge in [-0.05, 0) is 37.3 Å². The van der Waals surface area contributed by atoms with Crippen LogP contribution >= 0.6 is 35.0 Å². The van der Waals surface area contributed by atoms with Crippen molar-refractivity contribution in [3.05, 3.63) is 63.8 Å². The van der Waals surface area contributed by atoms with E-state index < -0.39 is 5.91 Å². The number of hydrazine groups is 1. The minimum Gasteiger partial charge on any atom is -0.449 e. The number of nitrogens with one attached hydrogen (secondary N) is 2. The van der Waals surface area contributed by atoms with Crippen LogP contribution in [0.15, 0.2) is 51.8 Å². The van der Waals surface area contributed by atoms with Crippen molar-refractivity contribution in [3.63, 3.8) is 0 Å². The summed E-state index contributed by atoms with van der Waals surface area (Å²) in [7, 11) is 0. The monoisotopic (exact) mass is 408 g/mol. The summed E-state index contributed by atoms with van der Waals surface area (Å²) in [6, 6.07) is 12.4. The Morgan fingerprint density at radius 2 is 1.81 bits per heavy atom. The van der Waals surface area contributed by atoms with Crippen molar-refractivity contribution in [2.45, 2.75) is 11.8 Å². The Kier molecular flexibility index (Phi) is 5.76. The number of hydrogen-bond acceptors (Lipinski definition) is 4. The van der Waals surface area contributed by atoms with Crippen LogP contribution in [0.2, 0.25) is 10.0 Å². The van der Waals surface area contributed by atoms with Crippen LogP contribution in [0.3, 0.4) is 0 Å². The zero-order chi connectivity index (χ0) is 18.7. The summed E-state index contributed by atoms with van der Waals surface area (Å²) in [4.78, 5) is 25.1. The predicted octanol–water partition coefficient (Wildman–Crippen LogP) is 4.60. The summed E-state index contributed by atoms with van der Waals surface area (Å²) in [6.07, 6.45) is 0. The van der Waals surface area contributed by atoms with Gasteiger partial charge in [-0.1, -0.05) is 35.3 Å². The standard InChI is InChI=1S/C18H14Cl2N2O3S/c1-10-13-3-2-4-14(20)17(13)25-16(10)18(24)22-21-15(23)9-26-12-7-5-11(19)6-8-12/h2-8H,9H2,1H3,(H,21,23)(H,22,24). The van der Waals surface area contributed by atoms with Gasteiger partial charge in [0.15, 0.2) is 11.3 Å². The van der Waals surface area contributed by atoms with Crippen LogP contribution in [0.5, 0.6) is 0 Å². The third kappa shape index (κ3) is 4.15. The Hall–Kier alpha value is -2.15. The maximum Gasteiger partial charge on any atom is 0.305 e. The molecule has 0 aliphatic rings.